The Morgan fingerprint density at radius 3 is 2.00 bits per heavy atom. The maximum Gasteiger partial charge on any atom is 0.162 e. The predicted octanol–water partition coefficient (Wildman–Crippen LogP) is 2.97. The van der Waals surface area contributed by atoms with Crippen LogP contribution >= 0.6 is 0 Å². The smallest absolute Gasteiger partial charge is 0.162 e. The Kier molecular flexibility index (Phi) is 2.16. The normalized spacial score (nSPS) is 42.0. The molecular formula is C13H22O2. The highest BCUT2D eigenvalue weighted by Gasteiger charge is 2.50. The second-order valence-corrected chi connectivity index (χ2v) is 6.34. The Morgan fingerprint density at radius 2 is 1.47 bits per heavy atom. The van der Waals surface area contributed by atoms with Gasteiger partial charge in [0.05, 0.1) is 13.2 Å². The molecule has 2 aliphatic carbocycles. The summed E-state index contributed by atoms with van der Waals surface area (Å²) in [7, 11) is 0. The quantitative estimate of drug-likeness (QED) is 0.612. The molecule has 1 saturated heterocycles. The minimum atomic E-state index is -0.344. The predicted molar refractivity (Wildman–Crippen MR) is 58.5 cm³/mol. The molecule has 15 heavy (non-hydrogen) atoms. The minimum absolute atomic E-state index is 0.344. The first-order chi connectivity index (χ1) is 7.09. The molecule has 2 atom stereocenters. The lowest BCUT2D eigenvalue weighted by Crippen LogP contribution is -2.45. The Bertz CT molecular complexity index is 235. The molecule has 2 saturated carbocycles. The molecule has 0 aromatic carbocycles. The van der Waals surface area contributed by atoms with Crippen LogP contribution in [0.25, 0.3) is 0 Å². The van der Waals surface area contributed by atoms with E-state index in [0.29, 0.717) is 5.41 Å². The SMILES string of the molecule is CC1(C)OCC2(CO1)C[C@@H]1CCC[C@H]1C2. The third-order valence-electron chi connectivity index (χ3n) is 4.66. The average Bonchev–Trinajstić information content (AvgIpc) is 2.69. The zero-order valence-electron chi connectivity index (χ0n) is 9.92. The second-order valence-electron chi connectivity index (χ2n) is 6.34. The van der Waals surface area contributed by atoms with Crippen molar-refractivity contribution < 1.29 is 9.47 Å². The first kappa shape index (κ1) is 10.1. The van der Waals surface area contributed by atoms with Crippen LogP contribution in [0.3, 0.4) is 0 Å². The van der Waals surface area contributed by atoms with Gasteiger partial charge in [-0.1, -0.05) is 19.3 Å². The van der Waals surface area contributed by atoms with Crippen molar-refractivity contribution in [3.05, 3.63) is 0 Å². The second kappa shape index (κ2) is 3.21. The summed E-state index contributed by atoms with van der Waals surface area (Å²) >= 11 is 0. The Labute approximate surface area is 92.3 Å². The molecule has 3 aliphatic rings. The Balaban J connectivity index is 1.68. The summed E-state index contributed by atoms with van der Waals surface area (Å²) in [6.07, 6.45) is 7.08. The van der Waals surface area contributed by atoms with Gasteiger partial charge in [-0.25, -0.2) is 0 Å². The number of hydrogen-bond donors (Lipinski definition) is 0. The molecule has 1 heterocycles. The number of rotatable bonds is 0. The summed E-state index contributed by atoms with van der Waals surface area (Å²) < 4.78 is 11.7. The number of hydrogen-bond acceptors (Lipinski definition) is 2. The van der Waals surface area contributed by atoms with Gasteiger partial charge in [0.2, 0.25) is 0 Å². The maximum absolute atomic E-state index is 5.85. The van der Waals surface area contributed by atoms with Gasteiger partial charge in [0, 0.05) is 5.41 Å². The fraction of sp³-hybridized carbons (Fsp3) is 1.00. The van der Waals surface area contributed by atoms with E-state index in [1.54, 1.807) is 0 Å². The third-order valence-corrected chi connectivity index (χ3v) is 4.66. The lowest BCUT2D eigenvalue weighted by molar-refractivity contribution is -0.285. The molecular weight excluding hydrogens is 188 g/mol. The lowest BCUT2D eigenvalue weighted by Gasteiger charge is -2.42. The Morgan fingerprint density at radius 1 is 0.933 bits per heavy atom. The summed E-state index contributed by atoms with van der Waals surface area (Å²) in [5.41, 5.74) is 0.380. The molecule has 0 bridgehead atoms. The molecule has 0 N–H and O–H groups in total. The summed E-state index contributed by atoms with van der Waals surface area (Å²) in [6.45, 7) is 5.89. The largest absolute Gasteiger partial charge is 0.350 e. The van der Waals surface area contributed by atoms with Crippen LogP contribution in [-0.4, -0.2) is 19.0 Å². The molecule has 3 rings (SSSR count). The zero-order chi connectivity index (χ0) is 10.5. The third kappa shape index (κ3) is 1.72. The van der Waals surface area contributed by atoms with Gasteiger partial charge in [0.15, 0.2) is 5.79 Å². The fourth-order valence-electron chi connectivity index (χ4n) is 3.82. The van der Waals surface area contributed by atoms with Crippen LogP contribution in [0.4, 0.5) is 0 Å². The monoisotopic (exact) mass is 210 g/mol. The summed E-state index contributed by atoms with van der Waals surface area (Å²) in [5, 5.41) is 0. The van der Waals surface area contributed by atoms with E-state index in [1.807, 2.05) is 13.8 Å². The lowest BCUT2D eigenvalue weighted by atomic mass is 9.84. The number of ether oxygens (including phenoxy) is 2. The van der Waals surface area contributed by atoms with Crippen LogP contribution in [0.15, 0.2) is 0 Å². The van der Waals surface area contributed by atoms with Gasteiger partial charge in [0.25, 0.3) is 0 Å². The fourth-order valence-corrected chi connectivity index (χ4v) is 3.82. The summed E-state index contributed by atoms with van der Waals surface area (Å²) in [6, 6.07) is 0. The van der Waals surface area contributed by atoms with Crippen molar-refractivity contribution in [2.45, 2.75) is 51.7 Å². The van der Waals surface area contributed by atoms with E-state index in [1.165, 1.54) is 32.1 Å². The molecule has 3 fully saturated rings. The van der Waals surface area contributed by atoms with E-state index in [4.69, 9.17) is 9.47 Å². The van der Waals surface area contributed by atoms with E-state index >= 15 is 0 Å². The molecule has 0 unspecified atom stereocenters. The van der Waals surface area contributed by atoms with E-state index in [-0.39, 0.29) is 5.79 Å². The van der Waals surface area contributed by atoms with E-state index < -0.39 is 0 Å². The van der Waals surface area contributed by atoms with Crippen LogP contribution in [0.1, 0.15) is 46.0 Å². The topological polar surface area (TPSA) is 18.5 Å². The van der Waals surface area contributed by atoms with Gasteiger partial charge in [-0.15, -0.1) is 0 Å². The van der Waals surface area contributed by atoms with Crippen LogP contribution < -0.4 is 0 Å². The van der Waals surface area contributed by atoms with Gasteiger partial charge in [-0.05, 0) is 38.5 Å². The first-order valence-electron chi connectivity index (χ1n) is 6.37. The van der Waals surface area contributed by atoms with Gasteiger partial charge >= 0.3 is 0 Å². The molecule has 0 amide bonds. The summed E-state index contributed by atoms with van der Waals surface area (Å²) in [4.78, 5) is 0. The highest BCUT2D eigenvalue weighted by Crippen LogP contribution is 2.54. The molecule has 0 aromatic heterocycles. The highest BCUT2D eigenvalue weighted by atomic mass is 16.7. The Hall–Kier alpha value is -0.0800. The maximum atomic E-state index is 5.85. The van der Waals surface area contributed by atoms with Crippen molar-refractivity contribution in [1.29, 1.82) is 0 Å². The van der Waals surface area contributed by atoms with Gasteiger partial charge in [-0.3, -0.25) is 0 Å². The van der Waals surface area contributed by atoms with Crippen molar-refractivity contribution >= 4 is 0 Å². The minimum Gasteiger partial charge on any atom is -0.350 e. The molecule has 1 aliphatic heterocycles. The van der Waals surface area contributed by atoms with Crippen LogP contribution in [0.5, 0.6) is 0 Å². The molecule has 2 heteroatoms. The van der Waals surface area contributed by atoms with Crippen molar-refractivity contribution in [3.8, 4) is 0 Å². The highest BCUT2D eigenvalue weighted by molar-refractivity contribution is 4.98. The van der Waals surface area contributed by atoms with E-state index in [9.17, 15) is 0 Å². The van der Waals surface area contributed by atoms with Gasteiger partial charge in [-0.2, -0.15) is 0 Å². The van der Waals surface area contributed by atoms with E-state index in [0.717, 1.165) is 25.0 Å². The van der Waals surface area contributed by atoms with Crippen LogP contribution in [0, 0.1) is 17.3 Å². The van der Waals surface area contributed by atoms with Crippen LogP contribution in [-0.2, 0) is 9.47 Å². The molecule has 0 aromatic rings. The van der Waals surface area contributed by atoms with Crippen molar-refractivity contribution in [2.24, 2.45) is 17.3 Å². The molecule has 86 valence electrons. The zero-order valence-corrected chi connectivity index (χ0v) is 9.92. The van der Waals surface area contributed by atoms with Crippen molar-refractivity contribution in [2.75, 3.05) is 13.2 Å². The van der Waals surface area contributed by atoms with Gasteiger partial charge < -0.3 is 9.47 Å². The van der Waals surface area contributed by atoms with Crippen molar-refractivity contribution in [3.63, 3.8) is 0 Å². The number of fused-ring (bicyclic) bond motifs is 1. The van der Waals surface area contributed by atoms with Crippen LogP contribution in [0.2, 0.25) is 0 Å². The van der Waals surface area contributed by atoms with Gasteiger partial charge in [0.1, 0.15) is 0 Å². The molecule has 2 nitrogen and oxygen atoms in total. The van der Waals surface area contributed by atoms with E-state index in [2.05, 4.69) is 0 Å². The summed E-state index contributed by atoms with van der Waals surface area (Å²) in [5.74, 6) is 1.62. The standard InChI is InChI=1S/C13H22O2/c1-12(2)14-8-13(9-15-12)6-10-4-3-5-11(10)7-13/h10-11H,3-9H2,1-2H3/t10-,11-/m0/s1. The molecule has 1 spiro atoms. The first-order valence-corrected chi connectivity index (χ1v) is 6.37. The van der Waals surface area contributed by atoms with Crippen molar-refractivity contribution in [1.82, 2.24) is 0 Å². The molecule has 0 radical (unpaired) electrons. The average molecular weight is 210 g/mol.